The molecule has 0 bridgehead atoms. The summed E-state index contributed by atoms with van der Waals surface area (Å²) in [7, 11) is 0. The second-order valence-electron chi connectivity index (χ2n) is 11.1. The number of nitrogen functional groups attached to an aromatic ring is 1. The van der Waals surface area contributed by atoms with Gasteiger partial charge in [0.15, 0.2) is 17.8 Å². The van der Waals surface area contributed by atoms with E-state index in [-0.39, 0.29) is 34.3 Å². The number of amides is 1. The van der Waals surface area contributed by atoms with Crippen molar-refractivity contribution in [1.29, 1.82) is 0 Å². The maximum atomic E-state index is 13.4. The minimum absolute atomic E-state index is 0.0169. The monoisotopic (exact) mass is 606 g/mol. The van der Waals surface area contributed by atoms with E-state index in [9.17, 15) is 14.7 Å². The first kappa shape index (κ1) is 27.2. The number of carbonyl (C=O) groups excluding carboxylic acids is 2. The first-order valence-electron chi connectivity index (χ1n) is 14.7. The first-order valence-corrected chi connectivity index (χ1v) is 14.7. The summed E-state index contributed by atoms with van der Waals surface area (Å²) in [6.45, 7) is 0. The number of anilines is 1. The molecule has 2 aromatic carbocycles. The van der Waals surface area contributed by atoms with E-state index in [2.05, 4.69) is 21.5 Å². The Bertz CT molecular complexity index is 2330. The molecule has 11 nitrogen and oxygen atoms in total. The van der Waals surface area contributed by atoms with Gasteiger partial charge in [-0.05, 0) is 66.4 Å². The summed E-state index contributed by atoms with van der Waals surface area (Å²) in [5.74, 6) is 0.410. The molecule has 11 heteroatoms. The number of nitrogens with two attached hydrogens (primary N) is 1. The van der Waals surface area contributed by atoms with Crippen LogP contribution in [0.1, 0.15) is 44.3 Å². The summed E-state index contributed by atoms with van der Waals surface area (Å²) in [5, 5.41) is 17.5. The van der Waals surface area contributed by atoms with Crippen LogP contribution in [0.5, 0.6) is 5.75 Å². The number of rotatable bonds is 6. The van der Waals surface area contributed by atoms with Crippen LogP contribution in [0.15, 0.2) is 97.5 Å². The average molecular weight is 607 g/mol. The van der Waals surface area contributed by atoms with E-state index in [0.717, 1.165) is 40.0 Å². The minimum atomic E-state index is -0.377. The Labute approximate surface area is 262 Å². The number of hydrogen-bond acceptors (Lipinski definition) is 8. The zero-order chi connectivity index (χ0) is 31.4. The van der Waals surface area contributed by atoms with Gasteiger partial charge in [0, 0.05) is 23.6 Å². The first-order chi connectivity index (χ1) is 22.5. The zero-order valence-corrected chi connectivity index (χ0v) is 24.3. The van der Waals surface area contributed by atoms with Gasteiger partial charge in [0.25, 0.3) is 5.91 Å². The van der Waals surface area contributed by atoms with Crippen LogP contribution in [0.2, 0.25) is 0 Å². The van der Waals surface area contributed by atoms with Crippen LogP contribution in [0, 0.1) is 0 Å². The number of fused-ring (bicyclic) bond motifs is 3. The van der Waals surface area contributed by atoms with Gasteiger partial charge in [-0.2, -0.15) is 5.10 Å². The Morgan fingerprint density at radius 2 is 1.89 bits per heavy atom. The second-order valence-corrected chi connectivity index (χ2v) is 11.1. The van der Waals surface area contributed by atoms with E-state index in [0.29, 0.717) is 35.6 Å². The molecular formula is C35H26N8O3. The third kappa shape index (κ3) is 4.36. The van der Waals surface area contributed by atoms with Crippen molar-refractivity contribution < 1.29 is 14.7 Å². The van der Waals surface area contributed by atoms with Crippen LogP contribution in [0.4, 0.5) is 5.82 Å². The smallest absolute Gasteiger partial charge is 0.255 e. The molecule has 0 saturated carbocycles. The van der Waals surface area contributed by atoms with Gasteiger partial charge in [-0.1, -0.05) is 36.4 Å². The van der Waals surface area contributed by atoms with E-state index in [1.54, 1.807) is 6.20 Å². The standard InChI is InChI=1S/C35H26N8O3/c36-32-24(7-4-15-37-32)33-40-29-13-12-27(20-5-2-1-3-6-20)39-34(29)43(33)22-9-10-23-21(17-22)8-11-28(23)41-35(46)25-18-38-42-16-14-30(45)26(19-44)31(25)42/h1-7,9-10,12-19,28,45H,8,11H2,(H2,36,37)(H,41,46)/t28-/m0/s1. The third-order valence-electron chi connectivity index (χ3n) is 8.48. The van der Waals surface area contributed by atoms with E-state index >= 15 is 0 Å². The van der Waals surface area contributed by atoms with Gasteiger partial charge >= 0.3 is 0 Å². The van der Waals surface area contributed by atoms with Crippen LogP contribution in [0.3, 0.4) is 0 Å². The molecule has 8 rings (SSSR count). The highest BCUT2D eigenvalue weighted by Gasteiger charge is 2.28. The summed E-state index contributed by atoms with van der Waals surface area (Å²) in [6.07, 6.45) is 6.52. The van der Waals surface area contributed by atoms with Gasteiger partial charge in [0.2, 0.25) is 0 Å². The number of aldehydes is 1. The summed E-state index contributed by atoms with van der Waals surface area (Å²) in [5.41, 5.74) is 13.7. The molecule has 46 heavy (non-hydrogen) atoms. The van der Waals surface area contributed by atoms with Gasteiger partial charge in [-0.15, -0.1) is 0 Å². The number of nitrogens with one attached hydrogen (secondary N) is 1. The molecule has 5 aromatic heterocycles. The maximum Gasteiger partial charge on any atom is 0.255 e. The van der Waals surface area contributed by atoms with E-state index in [1.807, 2.05) is 71.3 Å². The maximum absolute atomic E-state index is 13.4. The largest absolute Gasteiger partial charge is 0.507 e. The average Bonchev–Trinajstić information content (AvgIpc) is 3.80. The minimum Gasteiger partial charge on any atom is -0.507 e. The number of aromatic nitrogens is 6. The quantitative estimate of drug-likeness (QED) is 0.215. The molecule has 7 aromatic rings. The highest BCUT2D eigenvalue weighted by atomic mass is 16.3. The van der Waals surface area contributed by atoms with Crippen molar-refractivity contribution in [2.24, 2.45) is 0 Å². The van der Waals surface area contributed by atoms with Crippen LogP contribution in [-0.4, -0.2) is 46.4 Å². The van der Waals surface area contributed by atoms with Crippen molar-refractivity contribution in [3.8, 4) is 34.1 Å². The number of carbonyl (C=O) groups is 2. The van der Waals surface area contributed by atoms with Crippen molar-refractivity contribution in [3.05, 3.63) is 120 Å². The number of hydrogen-bond donors (Lipinski definition) is 3. The lowest BCUT2D eigenvalue weighted by Gasteiger charge is -2.16. The molecule has 0 radical (unpaired) electrons. The molecule has 1 amide bonds. The molecule has 0 fully saturated rings. The van der Waals surface area contributed by atoms with Crippen LogP contribution in [-0.2, 0) is 6.42 Å². The van der Waals surface area contributed by atoms with E-state index < -0.39 is 0 Å². The molecule has 1 aliphatic carbocycles. The Kier molecular flexibility index (Phi) is 6.31. The highest BCUT2D eigenvalue weighted by Crippen LogP contribution is 2.36. The topological polar surface area (TPSA) is 153 Å². The van der Waals surface area contributed by atoms with Gasteiger partial charge in [-0.25, -0.2) is 19.5 Å². The summed E-state index contributed by atoms with van der Waals surface area (Å²) < 4.78 is 3.42. The highest BCUT2D eigenvalue weighted by molar-refractivity contribution is 6.06. The molecule has 224 valence electrons. The predicted octanol–water partition coefficient (Wildman–Crippen LogP) is 5.31. The lowest BCUT2D eigenvalue weighted by Crippen LogP contribution is -2.27. The SMILES string of the molecule is Nc1ncccc1-c1nc2ccc(-c3ccccc3)nc2n1-c1ccc2c(c1)CC[C@@H]2NC(=O)c1cnn2ccc(O)c(C=O)c12. The van der Waals surface area contributed by atoms with Gasteiger partial charge in [0.05, 0.1) is 40.1 Å². The Hall–Kier alpha value is -6.36. The number of imidazole rings is 1. The molecule has 1 atom stereocenters. The second kappa shape index (κ2) is 10.7. The van der Waals surface area contributed by atoms with E-state index in [4.69, 9.17) is 15.7 Å². The zero-order valence-electron chi connectivity index (χ0n) is 24.3. The molecule has 0 spiro atoms. The van der Waals surface area contributed by atoms with Gasteiger partial charge in [-0.3, -0.25) is 14.2 Å². The van der Waals surface area contributed by atoms with Crippen LogP contribution >= 0.6 is 0 Å². The molecule has 4 N–H and O–H groups in total. The molecular weight excluding hydrogens is 580 g/mol. The van der Waals surface area contributed by atoms with Crippen LogP contribution in [0.25, 0.3) is 45.0 Å². The van der Waals surface area contributed by atoms with Gasteiger partial charge in [0.1, 0.15) is 17.1 Å². The van der Waals surface area contributed by atoms with Crippen molar-refractivity contribution in [1.82, 2.24) is 34.4 Å². The lowest BCUT2D eigenvalue weighted by molar-refractivity contribution is 0.0938. The summed E-state index contributed by atoms with van der Waals surface area (Å²) in [4.78, 5) is 39.5. The van der Waals surface area contributed by atoms with Crippen molar-refractivity contribution in [2.45, 2.75) is 18.9 Å². The normalized spacial score (nSPS) is 14.0. The number of aromatic hydroxyl groups is 1. The van der Waals surface area contributed by atoms with E-state index in [1.165, 1.54) is 23.0 Å². The molecule has 0 unspecified atom stereocenters. The summed E-state index contributed by atoms with van der Waals surface area (Å²) >= 11 is 0. The Morgan fingerprint density at radius 1 is 1.02 bits per heavy atom. The number of aryl methyl sites for hydroxylation is 1. The molecule has 0 saturated heterocycles. The number of nitrogens with zero attached hydrogens (tertiary/aromatic N) is 6. The summed E-state index contributed by atoms with van der Waals surface area (Å²) in [6, 6.07) is 24.9. The molecule has 1 aliphatic rings. The third-order valence-corrected chi connectivity index (χ3v) is 8.48. The lowest BCUT2D eigenvalue weighted by atomic mass is 10.1. The predicted molar refractivity (Wildman–Crippen MR) is 173 cm³/mol. The van der Waals surface area contributed by atoms with Crippen LogP contribution < -0.4 is 11.1 Å². The Balaban J connectivity index is 1.19. The van der Waals surface area contributed by atoms with Crippen molar-refractivity contribution in [3.63, 3.8) is 0 Å². The van der Waals surface area contributed by atoms with Crippen molar-refractivity contribution in [2.75, 3.05) is 5.73 Å². The number of pyridine rings is 3. The van der Waals surface area contributed by atoms with Gasteiger partial charge < -0.3 is 16.2 Å². The molecule has 5 heterocycles. The Morgan fingerprint density at radius 3 is 2.72 bits per heavy atom. The number of benzene rings is 2. The van der Waals surface area contributed by atoms with Crippen molar-refractivity contribution >= 4 is 34.7 Å². The molecule has 0 aliphatic heterocycles. The fraction of sp³-hybridized carbons (Fsp3) is 0.0857. The fourth-order valence-corrected chi connectivity index (χ4v) is 6.27. The fourth-order valence-electron chi connectivity index (χ4n) is 6.27.